The smallest absolute Gasteiger partial charge is 0.00671 e. The summed E-state index contributed by atoms with van der Waals surface area (Å²) in [5, 5.41) is 5.28. The summed E-state index contributed by atoms with van der Waals surface area (Å²) in [5.74, 6) is 0. The van der Waals surface area contributed by atoms with Crippen LogP contribution in [0.25, 0.3) is 32.7 Å². The standard InChI is InChI=1S/C25H25N/c26-18-7-1-2-11-21-17-16-20-10-4-6-14-23(20)25(21)24-15-8-12-19-9-3-5-13-22(19)24/h3-6,8-10,12-17H,1-2,7,11,18,26H2. The minimum absolute atomic E-state index is 0.786. The van der Waals surface area contributed by atoms with Crippen LogP contribution in [0.1, 0.15) is 24.8 Å². The third kappa shape index (κ3) is 3.23. The van der Waals surface area contributed by atoms with Crippen molar-refractivity contribution in [3.05, 3.63) is 84.4 Å². The summed E-state index contributed by atoms with van der Waals surface area (Å²) in [6, 6.07) is 28.7. The molecule has 0 aliphatic rings. The lowest BCUT2D eigenvalue weighted by molar-refractivity contribution is 0.687. The fraction of sp³-hybridized carbons (Fsp3) is 0.200. The molecule has 2 N–H and O–H groups in total. The maximum atomic E-state index is 5.67. The number of hydrogen-bond acceptors (Lipinski definition) is 1. The van der Waals surface area contributed by atoms with E-state index >= 15 is 0 Å². The lowest BCUT2D eigenvalue weighted by atomic mass is 9.88. The molecule has 130 valence electrons. The lowest BCUT2D eigenvalue weighted by Crippen LogP contribution is -1.99. The van der Waals surface area contributed by atoms with Gasteiger partial charge in [0.25, 0.3) is 0 Å². The van der Waals surface area contributed by atoms with Crippen molar-refractivity contribution in [2.24, 2.45) is 5.73 Å². The third-order valence-electron chi connectivity index (χ3n) is 5.22. The monoisotopic (exact) mass is 339 g/mol. The quantitative estimate of drug-likeness (QED) is 0.408. The van der Waals surface area contributed by atoms with E-state index in [1.54, 1.807) is 0 Å². The molecule has 0 unspecified atom stereocenters. The minimum atomic E-state index is 0.786. The zero-order valence-electron chi connectivity index (χ0n) is 15.1. The van der Waals surface area contributed by atoms with E-state index in [0.717, 1.165) is 19.4 Å². The second kappa shape index (κ2) is 7.72. The molecule has 0 atom stereocenters. The van der Waals surface area contributed by atoms with Crippen LogP contribution in [0.5, 0.6) is 0 Å². The van der Waals surface area contributed by atoms with Crippen LogP contribution in [0.3, 0.4) is 0 Å². The Kier molecular flexibility index (Phi) is 4.99. The number of benzene rings is 4. The van der Waals surface area contributed by atoms with E-state index in [1.807, 2.05) is 0 Å². The van der Waals surface area contributed by atoms with Crippen LogP contribution in [-0.4, -0.2) is 6.54 Å². The Hall–Kier alpha value is -2.64. The molecule has 0 radical (unpaired) electrons. The Balaban J connectivity index is 1.90. The molecule has 0 saturated heterocycles. The predicted octanol–water partition coefficient (Wildman–Crippen LogP) is 6.33. The number of hydrogen-bond donors (Lipinski definition) is 1. The first-order chi connectivity index (χ1) is 12.9. The summed E-state index contributed by atoms with van der Waals surface area (Å²) in [4.78, 5) is 0. The van der Waals surface area contributed by atoms with E-state index in [1.165, 1.54) is 51.1 Å². The molecule has 0 saturated carbocycles. The Morgan fingerprint density at radius 1 is 0.577 bits per heavy atom. The van der Waals surface area contributed by atoms with Gasteiger partial charge in [-0.25, -0.2) is 0 Å². The highest BCUT2D eigenvalue weighted by molar-refractivity contribution is 6.06. The van der Waals surface area contributed by atoms with Gasteiger partial charge in [-0.05, 0) is 64.0 Å². The Morgan fingerprint density at radius 2 is 1.27 bits per heavy atom. The molecule has 1 nitrogen and oxygen atoms in total. The van der Waals surface area contributed by atoms with Gasteiger partial charge in [0.15, 0.2) is 0 Å². The first kappa shape index (κ1) is 16.8. The fourth-order valence-electron chi connectivity index (χ4n) is 3.92. The van der Waals surface area contributed by atoms with Crippen LogP contribution in [-0.2, 0) is 6.42 Å². The van der Waals surface area contributed by atoms with Gasteiger partial charge in [-0.1, -0.05) is 85.3 Å². The van der Waals surface area contributed by atoms with Crippen LogP contribution in [0.15, 0.2) is 78.9 Å². The van der Waals surface area contributed by atoms with Gasteiger partial charge >= 0.3 is 0 Å². The molecule has 1 heteroatoms. The predicted molar refractivity (Wildman–Crippen MR) is 113 cm³/mol. The molecule has 4 aromatic carbocycles. The van der Waals surface area contributed by atoms with E-state index in [9.17, 15) is 0 Å². The molecule has 0 aliphatic heterocycles. The number of aryl methyl sites for hydroxylation is 1. The molecule has 0 heterocycles. The van der Waals surface area contributed by atoms with Crippen molar-refractivity contribution in [3.8, 4) is 11.1 Å². The fourth-order valence-corrected chi connectivity index (χ4v) is 3.92. The molecule has 0 spiro atoms. The zero-order chi connectivity index (χ0) is 17.8. The molecular formula is C25H25N. The summed E-state index contributed by atoms with van der Waals surface area (Å²) in [6.45, 7) is 0.786. The molecule has 0 fully saturated rings. The van der Waals surface area contributed by atoms with Crippen molar-refractivity contribution in [2.75, 3.05) is 6.54 Å². The first-order valence-electron chi connectivity index (χ1n) is 9.57. The van der Waals surface area contributed by atoms with E-state index in [4.69, 9.17) is 5.73 Å². The average Bonchev–Trinajstić information content (AvgIpc) is 2.70. The van der Waals surface area contributed by atoms with Gasteiger partial charge in [0.2, 0.25) is 0 Å². The van der Waals surface area contributed by atoms with Crippen molar-refractivity contribution in [1.82, 2.24) is 0 Å². The van der Waals surface area contributed by atoms with Crippen molar-refractivity contribution in [2.45, 2.75) is 25.7 Å². The lowest BCUT2D eigenvalue weighted by Gasteiger charge is -2.16. The molecule has 4 aromatic rings. The van der Waals surface area contributed by atoms with Gasteiger partial charge in [-0.3, -0.25) is 0 Å². The topological polar surface area (TPSA) is 26.0 Å². The van der Waals surface area contributed by atoms with Crippen molar-refractivity contribution >= 4 is 21.5 Å². The van der Waals surface area contributed by atoms with E-state index in [-0.39, 0.29) is 0 Å². The van der Waals surface area contributed by atoms with Crippen LogP contribution < -0.4 is 5.73 Å². The van der Waals surface area contributed by atoms with Crippen LogP contribution in [0.2, 0.25) is 0 Å². The maximum absolute atomic E-state index is 5.67. The number of nitrogens with two attached hydrogens (primary N) is 1. The summed E-state index contributed by atoms with van der Waals surface area (Å²) in [5.41, 5.74) is 9.84. The summed E-state index contributed by atoms with van der Waals surface area (Å²) < 4.78 is 0. The normalized spacial score (nSPS) is 11.3. The highest BCUT2D eigenvalue weighted by Crippen LogP contribution is 2.37. The van der Waals surface area contributed by atoms with Gasteiger partial charge in [0.1, 0.15) is 0 Å². The number of unbranched alkanes of at least 4 members (excludes halogenated alkanes) is 2. The van der Waals surface area contributed by atoms with Gasteiger partial charge in [-0.2, -0.15) is 0 Å². The largest absolute Gasteiger partial charge is 0.330 e. The minimum Gasteiger partial charge on any atom is -0.330 e. The Labute approximate surface area is 155 Å². The van der Waals surface area contributed by atoms with E-state index < -0.39 is 0 Å². The molecule has 0 aliphatic carbocycles. The van der Waals surface area contributed by atoms with Crippen molar-refractivity contribution in [3.63, 3.8) is 0 Å². The molecule has 0 amide bonds. The number of rotatable bonds is 6. The highest BCUT2D eigenvalue weighted by Gasteiger charge is 2.12. The summed E-state index contributed by atoms with van der Waals surface area (Å²) >= 11 is 0. The van der Waals surface area contributed by atoms with Gasteiger partial charge in [0, 0.05) is 0 Å². The van der Waals surface area contributed by atoms with Crippen molar-refractivity contribution in [1.29, 1.82) is 0 Å². The third-order valence-corrected chi connectivity index (χ3v) is 5.22. The van der Waals surface area contributed by atoms with Crippen LogP contribution >= 0.6 is 0 Å². The van der Waals surface area contributed by atoms with Gasteiger partial charge in [-0.15, -0.1) is 0 Å². The zero-order valence-corrected chi connectivity index (χ0v) is 15.1. The van der Waals surface area contributed by atoms with E-state index in [0.29, 0.717) is 0 Å². The second-order valence-corrected chi connectivity index (χ2v) is 6.95. The highest BCUT2D eigenvalue weighted by atomic mass is 14.5. The average molecular weight is 339 g/mol. The number of fused-ring (bicyclic) bond motifs is 2. The van der Waals surface area contributed by atoms with Crippen LogP contribution in [0, 0.1) is 0 Å². The maximum Gasteiger partial charge on any atom is -0.00671 e. The molecular weight excluding hydrogens is 314 g/mol. The second-order valence-electron chi connectivity index (χ2n) is 6.95. The molecule has 0 aromatic heterocycles. The Bertz CT molecular complexity index is 1030. The first-order valence-corrected chi connectivity index (χ1v) is 9.57. The van der Waals surface area contributed by atoms with Gasteiger partial charge < -0.3 is 5.73 Å². The Morgan fingerprint density at radius 3 is 2.08 bits per heavy atom. The summed E-state index contributed by atoms with van der Waals surface area (Å²) in [6.07, 6.45) is 4.59. The van der Waals surface area contributed by atoms with Gasteiger partial charge in [0.05, 0.1) is 0 Å². The van der Waals surface area contributed by atoms with Crippen LogP contribution in [0.4, 0.5) is 0 Å². The molecule has 26 heavy (non-hydrogen) atoms. The van der Waals surface area contributed by atoms with Crippen molar-refractivity contribution < 1.29 is 0 Å². The summed E-state index contributed by atoms with van der Waals surface area (Å²) in [7, 11) is 0. The molecule has 4 rings (SSSR count). The SMILES string of the molecule is NCCCCCc1ccc2ccccc2c1-c1cccc2ccccc12. The van der Waals surface area contributed by atoms with E-state index in [2.05, 4.69) is 78.9 Å². The molecule has 0 bridgehead atoms.